The fourth-order valence-electron chi connectivity index (χ4n) is 17.9. The second-order valence-electron chi connectivity index (χ2n) is 27.9. The number of carbonyl (C=O) groups is 1. The fourth-order valence-corrected chi connectivity index (χ4v) is 17.9. The molecule has 494 valence electrons. The minimum Gasteiger partial charge on any atom is -0.432 e. The van der Waals surface area contributed by atoms with E-state index in [0.717, 1.165) is 24.8 Å². The SMILES string of the molecule is CC(C)=CC[C@@H](O)[C@@H](C(=O)O[C@@H]1O[C@H](CO[C@@H]2OC[C@@H](O)[C@H](O)[C@H]2O)[C@@H](O)[C@H](O)[C@H]1O)[C@H]1CC[C@@]2(C)[C@@H]3CC[C@H]4[C@@](C)(CO)[C@H](O[C@@H]5O[C@H](CO[C@@H]6O[C@@H](C)[C@H](O)[C@@H](O)[C@H]6O)[C@@H](O)[C@H](O)[C@H]5O[C@@H]5O[C@@H](C)[C@H](O)[C@@H](O)[C@H]5O)CC[C@@]45C[C@@]35CC[C@]12C. The first-order valence-electron chi connectivity index (χ1n) is 30.8. The molecule has 0 aromatic heterocycles. The van der Waals surface area contributed by atoms with Crippen molar-refractivity contribution in [3.63, 3.8) is 0 Å². The number of fused-ring (bicyclic) bond motifs is 2. The third kappa shape index (κ3) is 11.3. The lowest BCUT2D eigenvalue weighted by Gasteiger charge is -2.64. The Hall–Kier alpha value is -1.79. The molecular weight excluding hydrogens is 1140 g/mol. The molecule has 0 unspecified atom stereocenters. The van der Waals surface area contributed by atoms with Crippen LogP contribution in [-0.2, 0) is 52.2 Å². The van der Waals surface area contributed by atoms with E-state index in [1.165, 1.54) is 13.8 Å². The molecule has 2 spiro atoms. The molecule has 10 aliphatic rings. The zero-order valence-corrected chi connectivity index (χ0v) is 49.9. The van der Waals surface area contributed by atoms with Gasteiger partial charge >= 0.3 is 5.97 Å². The smallest absolute Gasteiger partial charge is 0.314 e. The normalized spacial score (nSPS) is 54.3. The molecule has 10 fully saturated rings. The number of allylic oxidation sites excluding steroid dienone is 1. The van der Waals surface area contributed by atoms with Crippen molar-refractivity contribution in [2.75, 3.05) is 26.4 Å². The largest absolute Gasteiger partial charge is 0.432 e. The zero-order chi connectivity index (χ0) is 62.7. The molecule has 86 heavy (non-hydrogen) atoms. The van der Waals surface area contributed by atoms with Gasteiger partial charge in [0.15, 0.2) is 25.2 Å². The van der Waals surface area contributed by atoms with Gasteiger partial charge in [-0.3, -0.25) is 4.79 Å². The lowest BCUT2D eigenvalue weighted by atomic mass is 9.41. The molecule has 0 bridgehead atoms. The molecule has 10 rings (SSSR count). The molecule has 5 aliphatic carbocycles. The highest BCUT2D eigenvalue weighted by Gasteiger charge is 2.83. The van der Waals surface area contributed by atoms with E-state index in [1.54, 1.807) is 0 Å². The van der Waals surface area contributed by atoms with Crippen LogP contribution in [-0.4, -0.2) is 274 Å². The van der Waals surface area contributed by atoms with Gasteiger partial charge in [0.25, 0.3) is 0 Å². The lowest BCUT2D eigenvalue weighted by Crippen LogP contribution is -2.66. The molecule has 27 heteroatoms. The number of ether oxygens (including phenoxy) is 10. The summed E-state index contributed by atoms with van der Waals surface area (Å²) in [6.45, 7) is 11.3. The van der Waals surface area contributed by atoms with Gasteiger partial charge in [0, 0.05) is 5.41 Å². The topological polar surface area (TPSA) is 433 Å². The van der Waals surface area contributed by atoms with Crippen molar-refractivity contribution in [1.29, 1.82) is 0 Å². The molecule has 27 nitrogen and oxygen atoms in total. The van der Waals surface area contributed by atoms with E-state index in [9.17, 15) is 86.5 Å². The average molecular weight is 1240 g/mol. The van der Waals surface area contributed by atoms with E-state index in [1.807, 2.05) is 26.8 Å². The number of hydrogen-bond donors (Lipinski definition) is 16. The number of carbonyl (C=O) groups excluding carboxylic acids is 1. The van der Waals surface area contributed by atoms with Crippen LogP contribution in [0.3, 0.4) is 0 Å². The zero-order valence-electron chi connectivity index (χ0n) is 49.9. The first kappa shape index (κ1) is 67.1. The Bertz CT molecular complexity index is 2370. The Labute approximate surface area is 499 Å². The maximum absolute atomic E-state index is 14.9. The summed E-state index contributed by atoms with van der Waals surface area (Å²) in [5.74, 6) is -2.40. The first-order valence-corrected chi connectivity index (χ1v) is 30.8. The van der Waals surface area contributed by atoms with Gasteiger partial charge in [-0.2, -0.15) is 0 Å². The summed E-state index contributed by atoms with van der Waals surface area (Å²) in [5.41, 5.74) is -1.40. The highest BCUT2D eigenvalue weighted by Crippen LogP contribution is 2.89. The van der Waals surface area contributed by atoms with Gasteiger partial charge in [-0.15, -0.1) is 0 Å². The Morgan fingerprint density at radius 2 is 1.10 bits per heavy atom. The Kier molecular flexibility index (Phi) is 19.7. The van der Waals surface area contributed by atoms with Crippen LogP contribution >= 0.6 is 0 Å². The van der Waals surface area contributed by atoms with Crippen LogP contribution in [0.2, 0.25) is 0 Å². The first-order chi connectivity index (χ1) is 40.4. The lowest BCUT2D eigenvalue weighted by molar-refractivity contribution is -0.380. The summed E-state index contributed by atoms with van der Waals surface area (Å²) >= 11 is 0. The van der Waals surface area contributed by atoms with Crippen LogP contribution in [0.1, 0.15) is 113 Å². The summed E-state index contributed by atoms with van der Waals surface area (Å²) in [4.78, 5) is 14.9. The number of hydrogen-bond acceptors (Lipinski definition) is 27. The van der Waals surface area contributed by atoms with Crippen molar-refractivity contribution in [1.82, 2.24) is 0 Å². The van der Waals surface area contributed by atoms with Gasteiger partial charge in [0.2, 0.25) is 6.29 Å². The fraction of sp³-hybridized carbons (Fsp3) is 0.949. The molecule has 0 amide bonds. The average Bonchev–Trinajstić information content (AvgIpc) is 1.46. The molecule has 5 aliphatic heterocycles. The third-order valence-corrected chi connectivity index (χ3v) is 23.2. The van der Waals surface area contributed by atoms with Crippen LogP contribution in [0.4, 0.5) is 0 Å². The molecule has 35 atom stereocenters. The molecule has 0 aromatic carbocycles. The quantitative estimate of drug-likeness (QED) is 0.0380. The van der Waals surface area contributed by atoms with Crippen molar-refractivity contribution < 1.29 is 134 Å². The number of esters is 1. The summed E-state index contributed by atoms with van der Waals surface area (Å²) in [6, 6.07) is 0. The maximum Gasteiger partial charge on any atom is 0.314 e. The Morgan fingerprint density at radius 3 is 1.74 bits per heavy atom. The van der Waals surface area contributed by atoms with Gasteiger partial charge < -0.3 is 129 Å². The van der Waals surface area contributed by atoms with Gasteiger partial charge in [0.05, 0.1) is 56.8 Å². The second kappa shape index (κ2) is 25.3. The predicted octanol–water partition coefficient (Wildman–Crippen LogP) is -3.57. The van der Waals surface area contributed by atoms with Gasteiger partial charge in [-0.05, 0) is 131 Å². The summed E-state index contributed by atoms with van der Waals surface area (Å²) in [6.07, 6.45) is -32.0. The van der Waals surface area contributed by atoms with Crippen LogP contribution in [0.15, 0.2) is 11.6 Å². The summed E-state index contributed by atoms with van der Waals surface area (Å²) in [5, 5.41) is 175. The van der Waals surface area contributed by atoms with Gasteiger partial charge in [-0.1, -0.05) is 32.4 Å². The molecule has 16 N–H and O–H groups in total. The van der Waals surface area contributed by atoms with E-state index >= 15 is 0 Å². The molecule has 0 aromatic rings. The highest BCUT2D eigenvalue weighted by atomic mass is 16.8. The molecule has 5 heterocycles. The van der Waals surface area contributed by atoms with E-state index in [-0.39, 0.29) is 47.7 Å². The van der Waals surface area contributed by atoms with E-state index in [0.29, 0.717) is 38.5 Å². The van der Waals surface area contributed by atoms with Crippen molar-refractivity contribution in [2.24, 2.45) is 50.7 Å². The van der Waals surface area contributed by atoms with Crippen LogP contribution in [0.25, 0.3) is 0 Å². The maximum atomic E-state index is 14.9. The summed E-state index contributed by atoms with van der Waals surface area (Å²) < 4.78 is 59.4. The van der Waals surface area contributed by atoms with Gasteiger partial charge in [-0.25, -0.2) is 0 Å². The molecule has 0 radical (unpaired) electrons. The Morgan fingerprint density at radius 1 is 0.558 bits per heavy atom. The minimum atomic E-state index is -1.92. The van der Waals surface area contributed by atoms with Crippen molar-refractivity contribution >= 4 is 5.97 Å². The monoisotopic (exact) mass is 1240 g/mol. The standard InChI is InChI=1S/C59H96O27/c1-23(2)8-9-27(61)34(49(76)86-53-47(75)42(70)38(66)29(82-53)19-78-50-44(72)37(65)28(62)18-77-50)26-12-14-57(7)32-11-10-31-55(5,22-60)33(13-15-58(31)21-59(32,58)17-16-56(26,57)6)84-54-48(85-52-46(74)41(69)36(64)25(4)81-52)43(71)39(67)30(83-54)20-79-51-45(73)40(68)35(63)24(3)80-51/h8,24-48,50-54,60-75H,9-22H2,1-7H3/t24-,25-,26+,27+,28+,29+,30+,31-,32-,33+,34-,35-,36-,37-,38+,39+,40+,41+,42-,43-,44+,45+,46+,47+,48+,50-,51+,52-,53-,54-,55+,56+,57-,58+,59-/m0/s1. The van der Waals surface area contributed by atoms with Crippen molar-refractivity contribution in [3.8, 4) is 0 Å². The number of rotatable bonds is 17. The van der Waals surface area contributed by atoms with E-state index in [4.69, 9.17) is 47.4 Å². The van der Waals surface area contributed by atoms with Crippen molar-refractivity contribution in [2.45, 2.75) is 272 Å². The van der Waals surface area contributed by atoms with Gasteiger partial charge in [0.1, 0.15) is 104 Å². The van der Waals surface area contributed by atoms with E-state index < -0.39 is 201 Å². The highest BCUT2D eigenvalue weighted by molar-refractivity contribution is 5.74. The van der Waals surface area contributed by atoms with Crippen molar-refractivity contribution in [3.05, 3.63) is 11.6 Å². The number of aliphatic hydroxyl groups excluding tert-OH is 16. The molecule has 5 saturated carbocycles. The van der Waals surface area contributed by atoms with Crippen LogP contribution in [0.5, 0.6) is 0 Å². The van der Waals surface area contributed by atoms with Crippen LogP contribution < -0.4 is 0 Å². The number of aliphatic hydroxyl groups is 16. The Balaban J connectivity index is 0.865. The minimum absolute atomic E-state index is 0.105. The molecular formula is C59H96O27. The predicted molar refractivity (Wildman–Crippen MR) is 289 cm³/mol. The third-order valence-electron chi connectivity index (χ3n) is 23.2. The molecule has 5 saturated heterocycles. The summed E-state index contributed by atoms with van der Waals surface area (Å²) in [7, 11) is 0. The second-order valence-corrected chi connectivity index (χ2v) is 27.9. The van der Waals surface area contributed by atoms with E-state index in [2.05, 4.69) is 13.8 Å². The van der Waals surface area contributed by atoms with Crippen LogP contribution in [0, 0.1) is 50.7 Å².